The van der Waals surface area contributed by atoms with E-state index in [0.717, 1.165) is 11.4 Å². The zero-order chi connectivity index (χ0) is 11.3. The first-order valence-electron chi connectivity index (χ1n) is 4.98. The Labute approximate surface area is 87.3 Å². The van der Waals surface area contributed by atoms with Crippen molar-refractivity contribution in [2.75, 3.05) is 6.54 Å². The highest BCUT2D eigenvalue weighted by atomic mass is 19.3. The highest BCUT2D eigenvalue weighted by Crippen LogP contribution is 2.52. The lowest BCUT2D eigenvalue weighted by Crippen LogP contribution is -2.54. The maximum absolute atomic E-state index is 13.0. The molecule has 15 heavy (non-hydrogen) atoms. The van der Waals surface area contributed by atoms with Gasteiger partial charge in [0.1, 0.15) is 0 Å². The van der Waals surface area contributed by atoms with Crippen molar-refractivity contribution in [1.82, 2.24) is 9.78 Å². The van der Waals surface area contributed by atoms with Crippen molar-refractivity contribution < 1.29 is 8.78 Å². The topological polar surface area (TPSA) is 43.8 Å². The van der Waals surface area contributed by atoms with Gasteiger partial charge in [-0.25, -0.2) is 8.78 Å². The highest BCUT2D eigenvalue weighted by molar-refractivity contribution is 5.27. The van der Waals surface area contributed by atoms with Crippen LogP contribution in [-0.4, -0.2) is 22.2 Å². The molecule has 2 N–H and O–H groups in total. The fourth-order valence-corrected chi connectivity index (χ4v) is 2.48. The molecule has 0 amide bonds. The molecule has 0 aromatic carbocycles. The van der Waals surface area contributed by atoms with Crippen molar-refractivity contribution in [2.45, 2.75) is 31.1 Å². The molecule has 0 unspecified atom stereocenters. The molecular formula is C10H15F2N3. The maximum atomic E-state index is 13.0. The molecule has 0 atom stereocenters. The summed E-state index contributed by atoms with van der Waals surface area (Å²) < 4.78 is 27.6. The van der Waals surface area contributed by atoms with Crippen LogP contribution in [0.15, 0.2) is 6.07 Å². The molecule has 0 bridgehead atoms. The van der Waals surface area contributed by atoms with E-state index in [0.29, 0.717) is 0 Å². The second-order valence-corrected chi connectivity index (χ2v) is 4.49. The van der Waals surface area contributed by atoms with E-state index in [4.69, 9.17) is 5.73 Å². The van der Waals surface area contributed by atoms with Crippen LogP contribution >= 0.6 is 0 Å². The molecule has 1 aromatic heterocycles. The number of halogens is 2. The number of rotatable bonds is 2. The number of nitrogens with two attached hydrogens (primary N) is 1. The van der Waals surface area contributed by atoms with Crippen LogP contribution in [0.3, 0.4) is 0 Å². The monoisotopic (exact) mass is 215 g/mol. The van der Waals surface area contributed by atoms with Crippen LogP contribution in [0.4, 0.5) is 8.78 Å². The molecule has 0 spiro atoms. The second kappa shape index (κ2) is 3.01. The minimum Gasteiger partial charge on any atom is -0.330 e. The van der Waals surface area contributed by atoms with Crippen molar-refractivity contribution in [3.8, 4) is 0 Å². The van der Waals surface area contributed by atoms with Gasteiger partial charge in [0.15, 0.2) is 0 Å². The Morgan fingerprint density at radius 2 is 2.13 bits per heavy atom. The summed E-state index contributed by atoms with van der Waals surface area (Å²) in [5.41, 5.74) is 6.73. The average molecular weight is 215 g/mol. The van der Waals surface area contributed by atoms with Crippen molar-refractivity contribution in [1.29, 1.82) is 0 Å². The van der Waals surface area contributed by atoms with Gasteiger partial charge in [-0.15, -0.1) is 0 Å². The third-order valence-electron chi connectivity index (χ3n) is 3.13. The lowest BCUT2D eigenvalue weighted by molar-refractivity contribution is -0.125. The molecule has 1 fully saturated rings. The van der Waals surface area contributed by atoms with Gasteiger partial charge in [-0.05, 0) is 13.0 Å². The quantitative estimate of drug-likeness (QED) is 0.809. The van der Waals surface area contributed by atoms with Crippen LogP contribution in [0.25, 0.3) is 0 Å². The fourth-order valence-electron chi connectivity index (χ4n) is 2.48. The van der Waals surface area contributed by atoms with Crippen molar-refractivity contribution >= 4 is 0 Å². The van der Waals surface area contributed by atoms with Crippen molar-refractivity contribution in [2.24, 2.45) is 12.8 Å². The number of nitrogens with zero attached hydrogens (tertiary/aromatic N) is 2. The Morgan fingerprint density at radius 3 is 2.47 bits per heavy atom. The number of hydrogen-bond acceptors (Lipinski definition) is 2. The van der Waals surface area contributed by atoms with Gasteiger partial charge >= 0.3 is 0 Å². The Hall–Kier alpha value is -0.970. The van der Waals surface area contributed by atoms with E-state index < -0.39 is 11.3 Å². The Kier molecular flexibility index (Phi) is 2.12. The largest absolute Gasteiger partial charge is 0.330 e. The van der Waals surface area contributed by atoms with E-state index in [2.05, 4.69) is 5.10 Å². The molecule has 0 radical (unpaired) electrons. The Bertz CT molecular complexity index is 376. The maximum Gasteiger partial charge on any atom is 0.250 e. The zero-order valence-corrected chi connectivity index (χ0v) is 8.93. The summed E-state index contributed by atoms with van der Waals surface area (Å²) >= 11 is 0. The Morgan fingerprint density at radius 1 is 1.53 bits per heavy atom. The van der Waals surface area contributed by atoms with Crippen LogP contribution in [0.1, 0.15) is 24.2 Å². The third-order valence-corrected chi connectivity index (χ3v) is 3.13. The van der Waals surface area contributed by atoms with E-state index in [1.54, 1.807) is 11.7 Å². The lowest BCUT2D eigenvalue weighted by atomic mass is 9.64. The van der Waals surface area contributed by atoms with Crippen LogP contribution < -0.4 is 5.73 Å². The number of alkyl halides is 2. The predicted octanol–water partition coefficient (Wildman–Crippen LogP) is 1.35. The third kappa shape index (κ3) is 1.55. The minimum atomic E-state index is -2.56. The van der Waals surface area contributed by atoms with Crippen LogP contribution in [0, 0.1) is 6.92 Å². The summed E-state index contributed by atoms with van der Waals surface area (Å²) in [5.74, 6) is -2.56. The van der Waals surface area contributed by atoms with Gasteiger partial charge < -0.3 is 5.73 Å². The fraction of sp³-hybridized carbons (Fsp3) is 0.700. The average Bonchev–Trinajstić information content (AvgIpc) is 2.40. The molecule has 0 aliphatic heterocycles. The summed E-state index contributed by atoms with van der Waals surface area (Å²) in [6.07, 6.45) is -0.315. The highest BCUT2D eigenvalue weighted by Gasteiger charge is 2.57. The van der Waals surface area contributed by atoms with Crippen molar-refractivity contribution in [3.05, 3.63) is 17.5 Å². The van der Waals surface area contributed by atoms with Gasteiger partial charge in [0.25, 0.3) is 0 Å². The summed E-state index contributed by atoms with van der Waals surface area (Å²) in [4.78, 5) is 0. The van der Waals surface area contributed by atoms with E-state index in [9.17, 15) is 8.78 Å². The minimum absolute atomic E-state index is 0.157. The number of aromatic nitrogens is 2. The van der Waals surface area contributed by atoms with Gasteiger partial charge in [-0.2, -0.15) is 5.10 Å². The lowest BCUT2D eigenvalue weighted by Gasteiger charge is -2.46. The number of aryl methyl sites for hydroxylation is 2. The summed E-state index contributed by atoms with van der Waals surface area (Å²) in [7, 11) is 1.77. The summed E-state index contributed by atoms with van der Waals surface area (Å²) in [5, 5.41) is 4.17. The molecule has 1 aromatic rings. The first-order chi connectivity index (χ1) is 6.88. The smallest absolute Gasteiger partial charge is 0.250 e. The molecule has 1 heterocycles. The van der Waals surface area contributed by atoms with Gasteiger partial charge in [-0.1, -0.05) is 0 Å². The van der Waals surface area contributed by atoms with Gasteiger partial charge in [0.05, 0.1) is 5.69 Å². The predicted molar refractivity (Wildman–Crippen MR) is 52.9 cm³/mol. The van der Waals surface area contributed by atoms with E-state index in [-0.39, 0.29) is 19.4 Å². The summed E-state index contributed by atoms with van der Waals surface area (Å²) in [6.45, 7) is 2.10. The van der Waals surface area contributed by atoms with Gasteiger partial charge in [-0.3, -0.25) is 4.68 Å². The van der Waals surface area contributed by atoms with Crippen molar-refractivity contribution in [3.63, 3.8) is 0 Å². The van der Waals surface area contributed by atoms with E-state index in [1.807, 2.05) is 13.0 Å². The van der Waals surface area contributed by atoms with E-state index >= 15 is 0 Å². The molecule has 2 rings (SSSR count). The molecule has 1 aliphatic carbocycles. The van der Waals surface area contributed by atoms with Crippen LogP contribution in [0.5, 0.6) is 0 Å². The molecule has 1 aliphatic rings. The molecule has 0 saturated heterocycles. The molecule has 3 nitrogen and oxygen atoms in total. The normalized spacial score (nSPS) is 22.5. The first-order valence-corrected chi connectivity index (χ1v) is 4.98. The SMILES string of the molecule is Cc1cc(C2(CN)CC(F)(F)C2)n(C)n1. The van der Waals surface area contributed by atoms with Gasteiger partial charge in [0.2, 0.25) is 5.92 Å². The first kappa shape index (κ1) is 10.5. The van der Waals surface area contributed by atoms with E-state index in [1.165, 1.54) is 0 Å². The number of hydrogen-bond donors (Lipinski definition) is 1. The van der Waals surface area contributed by atoms with Gasteiger partial charge in [0, 0.05) is 37.5 Å². The Balaban J connectivity index is 2.33. The van der Waals surface area contributed by atoms with Crippen LogP contribution in [-0.2, 0) is 12.5 Å². The van der Waals surface area contributed by atoms with Crippen LogP contribution in [0.2, 0.25) is 0 Å². The standard InChI is InChI=1S/C10H15F2N3/c1-7-3-8(15(2)14-7)9(6-13)4-10(11,12)5-9/h3H,4-6,13H2,1-2H3. The molecule has 1 saturated carbocycles. The molecule has 5 heteroatoms. The zero-order valence-electron chi connectivity index (χ0n) is 8.93. The summed E-state index contributed by atoms with van der Waals surface area (Å²) in [6, 6.07) is 1.85. The second-order valence-electron chi connectivity index (χ2n) is 4.49. The molecular weight excluding hydrogens is 200 g/mol. The molecule has 84 valence electrons.